The Labute approximate surface area is 109 Å². The van der Waals surface area contributed by atoms with E-state index in [4.69, 9.17) is 4.99 Å². The van der Waals surface area contributed by atoms with Crippen molar-refractivity contribution >= 4 is 16.9 Å². The Bertz CT molecular complexity index is 288. The summed E-state index contributed by atoms with van der Waals surface area (Å²) in [6.07, 6.45) is 2.75. The number of hydrogen-bond acceptors (Lipinski definition) is 3. The summed E-state index contributed by atoms with van der Waals surface area (Å²) in [7, 11) is 2.23. The summed E-state index contributed by atoms with van der Waals surface area (Å²) >= 11 is 1.87. The minimum absolute atomic E-state index is 0.562. The fourth-order valence-corrected chi connectivity index (χ4v) is 3.15. The number of rotatable bonds is 4. The van der Waals surface area contributed by atoms with Crippen molar-refractivity contribution in [3.63, 3.8) is 0 Å². The molecular formula is C13H25N3S. The molecular weight excluding hydrogens is 230 g/mol. The maximum Gasteiger partial charge on any atom is 0.156 e. The number of hydrogen-bond donors (Lipinski definition) is 1. The van der Waals surface area contributed by atoms with Crippen LogP contribution in [0.4, 0.5) is 0 Å². The predicted molar refractivity (Wildman–Crippen MR) is 76.8 cm³/mol. The standard InChI is InChI=1S/C13H25N3S/c1-9-8-17-13(15-11(9)3)14-7-10(2)16(4)12-5-6-12/h9-12H,5-8H2,1-4H3,(H,14,15). The zero-order chi connectivity index (χ0) is 12.4. The molecule has 2 rings (SSSR count). The molecule has 1 N–H and O–H groups in total. The Morgan fingerprint density at radius 1 is 1.47 bits per heavy atom. The van der Waals surface area contributed by atoms with Crippen LogP contribution in [0.25, 0.3) is 0 Å². The lowest BCUT2D eigenvalue weighted by molar-refractivity contribution is 0.253. The van der Waals surface area contributed by atoms with Gasteiger partial charge >= 0.3 is 0 Å². The Morgan fingerprint density at radius 3 is 2.76 bits per heavy atom. The van der Waals surface area contributed by atoms with Crippen LogP contribution < -0.4 is 5.32 Å². The van der Waals surface area contributed by atoms with Crippen LogP contribution in [0, 0.1) is 5.92 Å². The number of aliphatic imine (C=N–C) groups is 1. The molecule has 3 nitrogen and oxygen atoms in total. The average Bonchev–Trinajstić information content (AvgIpc) is 3.13. The monoisotopic (exact) mass is 255 g/mol. The van der Waals surface area contributed by atoms with Crippen LogP contribution in [0.1, 0.15) is 33.6 Å². The first kappa shape index (κ1) is 13.2. The van der Waals surface area contributed by atoms with Crippen LogP contribution >= 0.6 is 11.8 Å². The lowest BCUT2D eigenvalue weighted by atomic mass is 10.1. The van der Waals surface area contributed by atoms with Gasteiger partial charge in [-0.15, -0.1) is 0 Å². The summed E-state index contributed by atoms with van der Waals surface area (Å²) in [5.74, 6) is 1.94. The Morgan fingerprint density at radius 2 is 2.18 bits per heavy atom. The predicted octanol–water partition coefficient (Wildman–Crippen LogP) is 2.19. The van der Waals surface area contributed by atoms with Crippen molar-refractivity contribution in [2.24, 2.45) is 10.9 Å². The van der Waals surface area contributed by atoms with Crippen molar-refractivity contribution in [3.8, 4) is 0 Å². The first-order valence-corrected chi connectivity index (χ1v) is 7.72. The van der Waals surface area contributed by atoms with E-state index >= 15 is 0 Å². The second-order valence-corrected chi connectivity index (χ2v) is 6.62. The van der Waals surface area contributed by atoms with Gasteiger partial charge in [-0.25, -0.2) is 0 Å². The van der Waals surface area contributed by atoms with Crippen LogP contribution in [-0.4, -0.2) is 47.5 Å². The summed E-state index contributed by atoms with van der Waals surface area (Å²) in [6, 6.07) is 1.95. The number of likely N-dealkylation sites (N-methyl/N-ethyl adjacent to an activating group) is 1. The van der Waals surface area contributed by atoms with Gasteiger partial charge < -0.3 is 5.32 Å². The number of amidine groups is 1. The molecule has 1 heterocycles. The van der Waals surface area contributed by atoms with Crippen LogP contribution in [0.15, 0.2) is 4.99 Å². The Hall–Kier alpha value is -0.220. The molecule has 1 saturated heterocycles. The molecule has 0 spiro atoms. The fraction of sp³-hybridized carbons (Fsp3) is 0.923. The number of nitrogens with one attached hydrogen (secondary N) is 1. The highest BCUT2D eigenvalue weighted by Crippen LogP contribution is 2.27. The van der Waals surface area contributed by atoms with Gasteiger partial charge in [-0.2, -0.15) is 0 Å². The summed E-state index contributed by atoms with van der Waals surface area (Å²) in [5, 5.41) is 4.64. The third-order valence-electron chi connectivity index (χ3n) is 4.00. The minimum Gasteiger partial charge on any atom is -0.362 e. The van der Waals surface area contributed by atoms with E-state index in [0.29, 0.717) is 12.1 Å². The molecule has 3 atom stereocenters. The van der Waals surface area contributed by atoms with Gasteiger partial charge in [0.05, 0.1) is 6.54 Å². The molecule has 0 bridgehead atoms. The molecule has 17 heavy (non-hydrogen) atoms. The highest BCUT2D eigenvalue weighted by atomic mass is 32.2. The van der Waals surface area contributed by atoms with Crippen molar-refractivity contribution in [1.82, 2.24) is 10.2 Å². The highest BCUT2D eigenvalue weighted by molar-refractivity contribution is 8.13. The molecule has 0 aromatic rings. The smallest absolute Gasteiger partial charge is 0.156 e. The summed E-state index contributed by atoms with van der Waals surface area (Å²) in [5.41, 5.74) is 0. The van der Waals surface area contributed by atoms with E-state index in [2.05, 4.69) is 38.0 Å². The third kappa shape index (κ3) is 3.62. The number of thioether (sulfide) groups is 1. The fourth-order valence-electron chi connectivity index (χ4n) is 2.01. The molecule has 3 unspecified atom stereocenters. The Kier molecular flexibility index (Phi) is 4.36. The van der Waals surface area contributed by atoms with Gasteiger partial charge in [0.15, 0.2) is 5.17 Å². The highest BCUT2D eigenvalue weighted by Gasteiger charge is 2.29. The molecule has 0 aromatic heterocycles. The molecule has 2 aliphatic rings. The van der Waals surface area contributed by atoms with E-state index < -0.39 is 0 Å². The Balaban J connectivity index is 1.79. The van der Waals surface area contributed by atoms with E-state index in [9.17, 15) is 0 Å². The SMILES string of the molecule is CC1CSC(=NCC(C)N(C)C2CC2)NC1C. The molecule has 1 saturated carbocycles. The van der Waals surface area contributed by atoms with Crippen LogP contribution in [0.3, 0.4) is 0 Å². The third-order valence-corrected chi connectivity index (χ3v) is 5.22. The van der Waals surface area contributed by atoms with Crippen LogP contribution in [0.2, 0.25) is 0 Å². The zero-order valence-electron chi connectivity index (χ0n) is 11.4. The normalized spacial score (nSPS) is 33.8. The van der Waals surface area contributed by atoms with Crippen LogP contribution in [-0.2, 0) is 0 Å². The van der Waals surface area contributed by atoms with Gasteiger partial charge in [0.1, 0.15) is 0 Å². The molecule has 1 aliphatic heterocycles. The molecule has 0 aromatic carbocycles. The second kappa shape index (κ2) is 5.61. The van der Waals surface area contributed by atoms with Gasteiger partial charge in [0.2, 0.25) is 0 Å². The van der Waals surface area contributed by atoms with Crippen molar-refractivity contribution in [2.75, 3.05) is 19.3 Å². The zero-order valence-corrected chi connectivity index (χ0v) is 12.3. The number of nitrogens with zero attached hydrogens (tertiary/aromatic N) is 2. The van der Waals surface area contributed by atoms with Gasteiger partial charge in [-0.3, -0.25) is 9.89 Å². The maximum absolute atomic E-state index is 4.73. The van der Waals surface area contributed by atoms with E-state index in [1.807, 2.05) is 11.8 Å². The van der Waals surface area contributed by atoms with Crippen molar-refractivity contribution in [1.29, 1.82) is 0 Å². The van der Waals surface area contributed by atoms with Crippen molar-refractivity contribution in [2.45, 2.75) is 51.7 Å². The summed E-state index contributed by atoms with van der Waals surface area (Å²) in [4.78, 5) is 7.20. The van der Waals surface area contributed by atoms with Crippen molar-refractivity contribution < 1.29 is 0 Å². The topological polar surface area (TPSA) is 27.6 Å². The van der Waals surface area contributed by atoms with Gasteiger partial charge in [0.25, 0.3) is 0 Å². The summed E-state index contributed by atoms with van der Waals surface area (Å²) < 4.78 is 0. The largest absolute Gasteiger partial charge is 0.362 e. The van der Waals surface area contributed by atoms with E-state index in [1.54, 1.807) is 0 Å². The maximum atomic E-state index is 4.73. The second-order valence-electron chi connectivity index (χ2n) is 5.61. The molecule has 98 valence electrons. The first-order valence-electron chi connectivity index (χ1n) is 6.73. The first-order chi connectivity index (χ1) is 8.08. The lowest BCUT2D eigenvalue weighted by Crippen LogP contribution is -2.42. The molecule has 1 aliphatic carbocycles. The lowest BCUT2D eigenvalue weighted by Gasteiger charge is -2.29. The van der Waals surface area contributed by atoms with Gasteiger partial charge in [0, 0.05) is 23.9 Å². The van der Waals surface area contributed by atoms with Crippen LogP contribution in [0.5, 0.6) is 0 Å². The van der Waals surface area contributed by atoms with Crippen molar-refractivity contribution in [3.05, 3.63) is 0 Å². The molecule has 0 radical (unpaired) electrons. The summed E-state index contributed by atoms with van der Waals surface area (Å²) in [6.45, 7) is 7.75. The molecule has 4 heteroatoms. The quantitative estimate of drug-likeness (QED) is 0.834. The average molecular weight is 255 g/mol. The van der Waals surface area contributed by atoms with E-state index in [1.165, 1.54) is 18.6 Å². The minimum atomic E-state index is 0.562. The molecule has 2 fully saturated rings. The van der Waals surface area contributed by atoms with Gasteiger partial charge in [-0.05, 0) is 39.7 Å². The van der Waals surface area contributed by atoms with Gasteiger partial charge in [-0.1, -0.05) is 18.7 Å². The molecule has 0 amide bonds. The van der Waals surface area contributed by atoms with E-state index in [-0.39, 0.29) is 0 Å². The van der Waals surface area contributed by atoms with E-state index in [0.717, 1.165) is 23.7 Å².